The molecule has 0 atom stereocenters. The van der Waals surface area contributed by atoms with E-state index in [1.54, 1.807) is 6.34 Å². The molecular weight excluding hydrogens is 102 g/mol. The standard InChI is InChI=1S/C5H11N3/c1-8(2)5-7-4-3-6/h3,5-6H,4H2,1-2H3. The summed E-state index contributed by atoms with van der Waals surface area (Å²) >= 11 is 0. The summed E-state index contributed by atoms with van der Waals surface area (Å²) in [6.45, 7) is 0.484. The fraction of sp³-hybridized carbons (Fsp3) is 0.600. The Bertz CT molecular complexity index is 85.7. The van der Waals surface area contributed by atoms with Crippen LogP contribution in [0.2, 0.25) is 0 Å². The van der Waals surface area contributed by atoms with E-state index < -0.39 is 0 Å². The van der Waals surface area contributed by atoms with Gasteiger partial charge in [0.15, 0.2) is 0 Å². The second kappa shape index (κ2) is 4.30. The third kappa shape index (κ3) is 5.14. The fourth-order valence-electron chi connectivity index (χ4n) is 0.263. The highest BCUT2D eigenvalue weighted by Gasteiger charge is 1.72. The first kappa shape index (κ1) is 7.14. The molecule has 3 heteroatoms. The van der Waals surface area contributed by atoms with Crippen molar-refractivity contribution < 1.29 is 0 Å². The number of rotatable bonds is 3. The molecule has 0 aliphatic heterocycles. The van der Waals surface area contributed by atoms with Crippen LogP contribution in [0.4, 0.5) is 0 Å². The van der Waals surface area contributed by atoms with Gasteiger partial charge in [-0.05, 0) is 0 Å². The van der Waals surface area contributed by atoms with Crippen LogP contribution >= 0.6 is 0 Å². The van der Waals surface area contributed by atoms with Crippen LogP contribution in [-0.4, -0.2) is 38.1 Å². The van der Waals surface area contributed by atoms with Gasteiger partial charge in [0.2, 0.25) is 0 Å². The number of nitrogens with one attached hydrogen (secondary N) is 1. The minimum absolute atomic E-state index is 0.484. The van der Waals surface area contributed by atoms with Crippen LogP contribution in [0, 0.1) is 5.41 Å². The molecule has 3 nitrogen and oxygen atoms in total. The Morgan fingerprint density at radius 2 is 2.25 bits per heavy atom. The molecule has 0 bridgehead atoms. The molecule has 1 N–H and O–H groups in total. The molecule has 0 spiro atoms. The van der Waals surface area contributed by atoms with E-state index in [9.17, 15) is 0 Å². The lowest BCUT2D eigenvalue weighted by molar-refractivity contribution is 0.641. The zero-order chi connectivity index (χ0) is 6.41. The van der Waals surface area contributed by atoms with Gasteiger partial charge in [0, 0.05) is 20.3 Å². The van der Waals surface area contributed by atoms with E-state index in [-0.39, 0.29) is 0 Å². The van der Waals surface area contributed by atoms with Crippen molar-refractivity contribution >= 4 is 12.6 Å². The summed E-state index contributed by atoms with van der Waals surface area (Å²) < 4.78 is 0. The molecule has 0 saturated heterocycles. The van der Waals surface area contributed by atoms with Crippen LogP contribution < -0.4 is 0 Å². The lowest BCUT2D eigenvalue weighted by atomic mass is 10.7. The molecule has 46 valence electrons. The predicted octanol–water partition coefficient (Wildman–Crippen LogP) is 0.226. The second-order valence-corrected chi connectivity index (χ2v) is 1.65. The van der Waals surface area contributed by atoms with Gasteiger partial charge in [0.1, 0.15) is 0 Å². The molecule has 0 rings (SSSR count). The van der Waals surface area contributed by atoms with Crippen molar-refractivity contribution in [3.8, 4) is 0 Å². The van der Waals surface area contributed by atoms with E-state index in [4.69, 9.17) is 5.41 Å². The van der Waals surface area contributed by atoms with Crippen molar-refractivity contribution in [3.05, 3.63) is 0 Å². The maximum absolute atomic E-state index is 6.59. The second-order valence-electron chi connectivity index (χ2n) is 1.65. The summed E-state index contributed by atoms with van der Waals surface area (Å²) in [5, 5.41) is 6.59. The molecule has 0 aromatic carbocycles. The highest BCUT2D eigenvalue weighted by molar-refractivity contribution is 5.61. The van der Waals surface area contributed by atoms with Crippen molar-refractivity contribution in [1.29, 1.82) is 5.41 Å². The first-order valence-corrected chi connectivity index (χ1v) is 2.42. The Hall–Kier alpha value is -0.860. The topological polar surface area (TPSA) is 39.5 Å². The molecule has 0 saturated carbocycles. The van der Waals surface area contributed by atoms with Crippen LogP contribution in [0.25, 0.3) is 0 Å². The van der Waals surface area contributed by atoms with Gasteiger partial charge in [-0.1, -0.05) is 0 Å². The maximum Gasteiger partial charge on any atom is 0.0849 e. The Kier molecular flexibility index (Phi) is 3.84. The van der Waals surface area contributed by atoms with Crippen LogP contribution in [0.1, 0.15) is 0 Å². The normalized spacial score (nSPS) is 9.75. The molecule has 0 aliphatic rings. The number of nitrogens with zero attached hydrogens (tertiary/aromatic N) is 2. The molecule has 0 heterocycles. The predicted molar refractivity (Wildman–Crippen MR) is 35.8 cm³/mol. The van der Waals surface area contributed by atoms with Gasteiger partial charge in [-0.15, -0.1) is 0 Å². The molecule has 0 aromatic rings. The van der Waals surface area contributed by atoms with Crippen molar-refractivity contribution in [3.63, 3.8) is 0 Å². The van der Waals surface area contributed by atoms with Crippen LogP contribution in [0.3, 0.4) is 0 Å². The zero-order valence-corrected chi connectivity index (χ0v) is 5.26. The number of aliphatic imine (C=N–C) groups is 1. The van der Waals surface area contributed by atoms with Gasteiger partial charge < -0.3 is 10.3 Å². The summed E-state index contributed by atoms with van der Waals surface area (Å²) in [6, 6.07) is 0. The van der Waals surface area contributed by atoms with Gasteiger partial charge in [-0.2, -0.15) is 0 Å². The summed E-state index contributed by atoms with van der Waals surface area (Å²) in [5.41, 5.74) is 0. The van der Waals surface area contributed by atoms with Gasteiger partial charge in [-0.25, -0.2) is 0 Å². The lowest BCUT2D eigenvalue weighted by Crippen LogP contribution is -2.07. The van der Waals surface area contributed by atoms with Crippen molar-refractivity contribution in [2.45, 2.75) is 0 Å². The summed E-state index contributed by atoms with van der Waals surface area (Å²) in [5.74, 6) is 0. The number of hydrogen-bond donors (Lipinski definition) is 1. The summed E-state index contributed by atoms with van der Waals surface area (Å²) in [4.78, 5) is 5.68. The molecule has 0 unspecified atom stereocenters. The highest BCUT2D eigenvalue weighted by atomic mass is 15.1. The van der Waals surface area contributed by atoms with Crippen LogP contribution in [0.5, 0.6) is 0 Å². The Morgan fingerprint density at radius 1 is 1.62 bits per heavy atom. The Labute approximate surface area is 49.5 Å². The van der Waals surface area contributed by atoms with Gasteiger partial charge >= 0.3 is 0 Å². The Balaban J connectivity index is 3.19. The smallest absolute Gasteiger partial charge is 0.0849 e. The number of hydrogen-bond acceptors (Lipinski definition) is 2. The third-order valence-electron chi connectivity index (χ3n) is 0.509. The summed E-state index contributed by atoms with van der Waals surface area (Å²) in [6.07, 6.45) is 2.95. The zero-order valence-electron chi connectivity index (χ0n) is 5.26. The highest BCUT2D eigenvalue weighted by Crippen LogP contribution is 1.65. The average molecular weight is 113 g/mol. The van der Waals surface area contributed by atoms with Crippen molar-refractivity contribution in [1.82, 2.24) is 4.90 Å². The Morgan fingerprint density at radius 3 is 2.62 bits per heavy atom. The quantitative estimate of drug-likeness (QED) is 0.413. The maximum atomic E-state index is 6.59. The molecule has 0 radical (unpaired) electrons. The van der Waals surface area contributed by atoms with Crippen molar-refractivity contribution in [2.24, 2.45) is 4.99 Å². The SMILES string of the molecule is CN(C)C=NCC=N. The van der Waals surface area contributed by atoms with Gasteiger partial charge in [0.25, 0.3) is 0 Å². The molecule has 0 aliphatic carbocycles. The van der Waals surface area contributed by atoms with Gasteiger partial charge in [0.05, 0.1) is 12.9 Å². The third-order valence-corrected chi connectivity index (χ3v) is 0.509. The summed E-state index contributed by atoms with van der Waals surface area (Å²) in [7, 11) is 3.79. The molecule has 0 amide bonds. The monoisotopic (exact) mass is 113 g/mol. The van der Waals surface area contributed by atoms with Crippen molar-refractivity contribution in [2.75, 3.05) is 20.6 Å². The fourth-order valence-corrected chi connectivity index (χ4v) is 0.263. The van der Waals surface area contributed by atoms with E-state index >= 15 is 0 Å². The minimum atomic E-state index is 0.484. The van der Waals surface area contributed by atoms with Gasteiger partial charge in [-0.3, -0.25) is 4.99 Å². The molecule has 8 heavy (non-hydrogen) atoms. The van der Waals surface area contributed by atoms with Crippen LogP contribution in [0.15, 0.2) is 4.99 Å². The van der Waals surface area contributed by atoms with E-state index in [0.717, 1.165) is 0 Å². The first-order chi connectivity index (χ1) is 3.77. The lowest BCUT2D eigenvalue weighted by Gasteiger charge is -1.99. The largest absolute Gasteiger partial charge is 0.369 e. The van der Waals surface area contributed by atoms with E-state index in [2.05, 4.69) is 4.99 Å². The molecule has 0 fully saturated rings. The van der Waals surface area contributed by atoms with E-state index in [0.29, 0.717) is 6.54 Å². The van der Waals surface area contributed by atoms with E-state index in [1.165, 1.54) is 6.21 Å². The molecular formula is C5H11N3. The molecule has 0 aromatic heterocycles. The van der Waals surface area contributed by atoms with Crippen LogP contribution in [-0.2, 0) is 0 Å². The average Bonchev–Trinajstić information content (AvgIpc) is 1.66. The first-order valence-electron chi connectivity index (χ1n) is 2.42. The minimum Gasteiger partial charge on any atom is -0.369 e. The van der Waals surface area contributed by atoms with E-state index in [1.807, 2.05) is 19.0 Å².